The minimum Gasteiger partial charge on any atom is -0.371 e. The predicted octanol–water partition coefficient (Wildman–Crippen LogP) is 3.41. The standard InChI is InChI=1S/C17H18ClNO3S/c1-13-4-2-7-16(10-13)23(20,21)19-8-9-22-17(12-19)14-5-3-6-15(18)11-14/h2-7,10-11,17H,8-9,12H2,1H3. The van der Waals surface area contributed by atoms with Gasteiger partial charge in [-0.1, -0.05) is 35.9 Å². The first-order valence-corrected chi connectivity index (χ1v) is 9.22. The fourth-order valence-electron chi connectivity index (χ4n) is 2.68. The van der Waals surface area contributed by atoms with Gasteiger partial charge >= 0.3 is 0 Å². The molecular weight excluding hydrogens is 334 g/mol. The molecule has 0 aliphatic carbocycles. The van der Waals surface area contributed by atoms with Crippen molar-refractivity contribution in [1.82, 2.24) is 4.31 Å². The first-order chi connectivity index (χ1) is 11.0. The van der Waals surface area contributed by atoms with Crippen molar-refractivity contribution in [3.63, 3.8) is 0 Å². The normalized spacial score (nSPS) is 19.7. The van der Waals surface area contributed by atoms with Crippen LogP contribution in [-0.4, -0.2) is 32.4 Å². The van der Waals surface area contributed by atoms with E-state index in [1.807, 2.05) is 31.2 Å². The highest BCUT2D eigenvalue weighted by Crippen LogP contribution is 2.28. The summed E-state index contributed by atoms with van der Waals surface area (Å²) in [6.45, 7) is 2.89. The number of aryl methyl sites for hydroxylation is 1. The summed E-state index contributed by atoms with van der Waals surface area (Å²) < 4.78 is 32.9. The summed E-state index contributed by atoms with van der Waals surface area (Å²) in [4.78, 5) is 0.323. The van der Waals surface area contributed by atoms with E-state index in [1.165, 1.54) is 4.31 Å². The maximum absolute atomic E-state index is 12.8. The van der Waals surface area contributed by atoms with Gasteiger partial charge in [0.25, 0.3) is 0 Å². The van der Waals surface area contributed by atoms with Crippen molar-refractivity contribution in [2.24, 2.45) is 0 Å². The van der Waals surface area contributed by atoms with Gasteiger partial charge in [0, 0.05) is 18.1 Å². The van der Waals surface area contributed by atoms with Gasteiger partial charge in [0.1, 0.15) is 0 Å². The van der Waals surface area contributed by atoms with E-state index in [0.29, 0.717) is 23.1 Å². The van der Waals surface area contributed by atoms with Crippen LogP contribution in [0.5, 0.6) is 0 Å². The lowest BCUT2D eigenvalue weighted by Crippen LogP contribution is -2.42. The van der Waals surface area contributed by atoms with Crippen molar-refractivity contribution in [3.05, 3.63) is 64.7 Å². The number of morpholine rings is 1. The molecule has 23 heavy (non-hydrogen) atoms. The number of nitrogens with zero attached hydrogens (tertiary/aromatic N) is 1. The Labute approximate surface area is 141 Å². The van der Waals surface area contributed by atoms with Crippen LogP contribution in [-0.2, 0) is 14.8 Å². The number of halogens is 1. The zero-order valence-corrected chi connectivity index (χ0v) is 14.3. The zero-order chi connectivity index (χ0) is 16.4. The summed E-state index contributed by atoms with van der Waals surface area (Å²) >= 11 is 6.02. The second-order valence-electron chi connectivity index (χ2n) is 5.59. The van der Waals surface area contributed by atoms with Crippen molar-refractivity contribution >= 4 is 21.6 Å². The topological polar surface area (TPSA) is 46.6 Å². The average molecular weight is 352 g/mol. The molecule has 0 N–H and O–H groups in total. The third kappa shape index (κ3) is 3.58. The second-order valence-corrected chi connectivity index (χ2v) is 7.97. The molecule has 122 valence electrons. The van der Waals surface area contributed by atoms with Gasteiger partial charge in [-0.05, 0) is 42.3 Å². The van der Waals surface area contributed by atoms with E-state index < -0.39 is 10.0 Å². The van der Waals surface area contributed by atoms with E-state index in [-0.39, 0.29) is 12.6 Å². The molecule has 2 aromatic carbocycles. The largest absolute Gasteiger partial charge is 0.371 e. The molecule has 1 aliphatic heterocycles. The second kappa shape index (κ2) is 6.61. The third-order valence-corrected chi connectivity index (χ3v) is 5.97. The van der Waals surface area contributed by atoms with Crippen LogP contribution in [0.15, 0.2) is 53.4 Å². The summed E-state index contributed by atoms with van der Waals surface area (Å²) in [5.74, 6) is 0. The van der Waals surface area contributed by atoms with Gasteiger partial charge in [-0.3, -0.25) is 0 Å². The summed E-state index contributed by atoms with van der Waals surface area (Å²) in [5, 5.41) is 0.616. The lowest BCUT2D eigenvalue weighted by Gasteiger charge is -2.32. The molecule has 0 saturated carbocycles. The van der Waals surface area contributed by atoms with E-state index in [1.54, 1.807) is 24.3 Å². The summed E-state index contributed by atoms with van der Waals surface area (Å²) in [6, 6.07) is 14.3. The summed E-state index contributed by atoms with van der Waals surface area (Å²) in [7, 11) is -3.52. The molecule has 0 radical (unpaired) electrons. The molecule has 1 atom stereocenters. The Kier molecular flexibility index (Phi) is 4.73. The fourth-order valence-corrected chi connectivity index (χ4v) is 4.41. The number of hydrogen-bond acceptors (Lipinski definition) is 3. The Hall–Kier alpha value is -1.40. The Morgan fingerprint density at radius 1 is 1.17 bits per heavy atom. The van der Waals surface area contributed by atoms with Gasteiger partial charge < -0.3 is 4.74 Å². The maximum atomic E-state index is 12.8. The molecule has 0 spiro atoms. The molecule has 1 fully saturated rings. The quantitative estimate of drug-likeness (QED) is 0.851. The smallest absolute Gasteiger partial charge is 0.243 e. The Bertz CT molecular complexity index is 807. The van der Waals surface area contributed by atoms with Crippen LogP contribution < -0.4 is 0 Å². The molecule has 1 unspecified atom stereocenters. The maximum Gasteiger partial charge on any atom is 0.243 e. The number of ether oxygens (including phenoxy) is 1. The fraction of sp³-hybridized carbons (Fsp3) is 0.294. The number of benzene rings is 2. The third-order valence-electron chi connectivity index (χ3n) is 3.88. The highest BCUT2D eigenvalue weighted by Gasteiger charge is 2.31. The average Bonchev–Trinajstić information content (AvgIpc) is 2.55. The van der Waals surface area contributed by atoms with Crippen molar-refractivity contribution < 1.29 is 13.2 Å². The van der Waals surface area contributed by atoms with Gasteiger partial charge in [-0.15, -0.1) is 0 Å². The SMILES string of the molecule is Cc1cccc(S(=O)(=O)N2CCOC(c3cccc(Cl)c3)C2)c1. The van der Waals surface area contributed by atoms with Gasteiger partial charge in [0.15, 0.2) is 0 Å². The summed E-state index contributed by atoms with van der Waals surface area (Å²) in [5.41, 5.74) is 1.81. The van der Waals surface area contributed by atoms with E-state index in [9.17, 15) is 8.42 Å². The van der Waals surface area contributed by atoms with Crippen molar-refractivity contribution in [1.29, 1.82) is 0 Å². The van der Waals surface area contributed by atoms with Gasteiger partial charge in [-0.2, -0.15) is 4.31 Å². The minimum absolute atomic E-state index is 0.288. The van der Waals surface area contributed by atoms with Crippen LogP contribution in [0, 0.1) is 6.92 Å². The predicted molar refractivity (Wildman–Crippen MR) is 90.1 cm³/mol. The highest BCUT2D eigenvalue weighted by atomic mass is 35.5. The molecule has 1 saturated heterocycles. The molecular formula is C17H18ClNO3S. The number of sulfonamides is 1. The zero-order valence-electron chi connectivity index (χ0n) is 12.8. The molecule has 3 rings (SSSR count). The lowest BCUT2D eigenvalue weighted by atomic mass is 10.1. The van der Waals surface area contributed by atoms with Crippen LogP contribution in [0.4, 0.5) is 0 Å². The van der Waals surface area contributed by atoms with Crippen molar-refractivity contribution in [3.8, 4) is 0 Å². The van der Waals surface area contributed by atoms with Crippen LogP contribution in [0.1, 0.15) is 17.2 Å². The van der Waals surface area contributed by atoms with Crippen molar-refractivity contribution in [2.75, 3.05) is 19.7 Å². The monoisotopic (exact) mass is 351 g/mol. The van der Waals surface area contributed by atoms with Gasteiger partial charge in [-0.25, -0.2) is 8.42 Å². The van der Waals surface area contributed by atoms with E-state index in [2.05, 4.69) is 0 Å². The number of hydrogen-bond donors (Lipinski definition) is 0. The lowest BCUT2D eigenvalue weighted by molar-refractivity contribution is -0.00255. The Morgan fingerprint density at radius 2 is 1.96 bits per heavy atom. The first kappa shape index (κ1) is 16.5. The molecule has 4 nitrogen and oxygen atoms in total. The van der Waals surface area contributed by atoms with E-state index >= 15 is 0 Å². The van der Waals surface area contributed by atoms with Gasteiger partial charge in [0.2, 0.25) is 10.0 Å². The molecule has 0 bridgehead atoms. The Morgan fingerprint density at radius 3 is 2.70 bits per heavy atom. The molecule has 1 aliphatic rings. The van der Waals surface area contributed by atoms with Crippen molar-refractivity contribution in [2.45, 2.75) is 17.9 Å². The van der Waals surface area contributed by atoms with Crippen LogP contribution in [0.2, 0.25) is 5.02 Å². The van der Waals surface area contributed by atoms with E-state index in [4.69, 9.17) is 16.3 Å². The molecule has 6 heteroatoms. The molecule has 2 aromatic rings. The summed E-state index contributed by atoms with van der Waals surface area (Å²) in [6.07, 6.45) is -0.304. The first-order valence-electron chi connectivity index (χ1n) is 7.41. The molecule has 1 heterocycles. The molecule has 0 aromatic heterocycles. The van der Waals surface area contributed by atoms with Gasteiger partial charge in [0.05, 0.1) is 17.6 Å². The van der Waals surface area contributed by atoms with Crippen LogP contribution >= 0.6 is 11.6 Å². The number of rotatable bonds is 3. The van der Waals surface area contributed by atoms with Crippen LogP contribution in [0.3, 0.4) is 0 Å². The highest BCUT2D eigenvalue weighted by molar-refractivity contribution is 7.89. The minimum atomic E-state index is -3.52. The van der Waals surface area contributed by atoms with Crippen LogP contribution in [0.25, 0.3) is 0 Å². The van der Waals surface area contributed by atoms with E-state index in [0.717, 1.165) is 11.1 Å². The Balaban J connectivity index is 1.86. The molecule has 0 amide bonds.